The zero-order valence-corrected chi connectivity index (χ0v) is 15.3. The fourth-order valence-electron chi connectivity index (χ4n) is 2.23. The molecular formula is C17H18N2O3S2. The molecule has 1 N–H and O–H groups in total. The van der Waals surface area contributed by atoms with Crippen LogP contribution < -0.4 is 0 Å². The van der Waals surface area contributed by atoms with E-state index in [0.29, 0.717) is 21.9 Å². The molecule has 0 saturated heterocycles. The Morgan fingerprint density at radius 1 is 1.29 bits per heavy atom. The molecule has 7 heteroatoms. The van der Waals surface area contributed by atoms with Crippen molar-refractivity contribution in [3.05, 3.63) is 52.7 Å². The number of benzene rings is 1. The van der Waals surface area contributed by atoms with E-state index in [-0.39, 0.29) is 4.90 Å². The van der Waals surface area contributed by atoms with Crippen molar-refractivity contribution >= 4 is 21.6 Å². The van der Waals surface area contributed by atoms with Crippen molar-refractivity contribution in [3.63, 3.8) is 0 Å². The zero-order valence-electron chi connectivity index (χ0n) is 13.6. The molecule has 2 rings (SSSR count). The van der Waals surface area contributed by atoms with Crippen LogP contribution in [-0.4, -0.2) is 30.5 Å². The lowest BCUT2D eigenvalue weighted by Crippen LogP contribution is -2.04. The highest BCUT2D eigenvalue weighted by atomic mass is 32.2. The van der Waals surface area contributed by atoms with Gasteiger partial charge in [-0.1, -0.05) is 12.1 Å². The molecule has 0 aliphatic carbocycles. The maximum atomic E-state index is 11.5. The number of rotatable bonds is 5. The first-order valence-corrected chi connectivity index (χ1v) is 10.1. The predicted molar refractivity (Wildman–Crippen MR) is 93.7 cm³/mol. The van der Waals surface area contributed by atoms with Gasteiger partial charge in [-0.25, -0.2) is 13.4 Å². The van der Waals surface area contributed by atoms with Gasteiger partial charge in [0.15, 0.2) is 9.84 Å². The summed E-state index contributed by atoms with van der Waals surface area (Å²) in [5.74, 6) is 0.322. The fourth-order valence-corrected chi connectivity index (χ4v) is 3.93. The molecule has 0 saturated carbocycles. The summed E-state index contributed by atoms with van der Waals surface area (Å²) >= 11 is 1.31. The van der Waals surface area contributed by atoms with E-state index < -0.39 is 15.9 Å². The highest BCUT2D eigenvalue weighted by molar-refractivity contribution is 7.99. The SMILES string of the molecule is Cc1cc(C)c(C#N)c(SC[C@@H](O)c2ccc(S(C)(=O)=O)cc2)n1. The van der Waals surface area contributed by atoms with Gasteiger partial charge >= 0.3 is 0 Å². The van der Waals surface area contributed by atoms with Gasteiger partial charge in [-0.05, 0) is 43.2 Å². The molecule has 1 atom stereocenters. The Balaban J connectivity index is 2.14. The molecule has 1 aromatic heterocycles. The average molecular weight is 362 g/mol. The van der Waals surface area contributed by atoms with E-state index in [0.717, 1.165) is 17.5 Å². The van der Waals surface area contributed by atoms with E-state index in [1.54, 1.807) is 12.1 Å². The number of nitriles is 1. The van der Waals surface area contributed by atoms with Crippen molar-refractivity contribution in [3.8, 4) is 6.07 Å². The topological polar surface area (TPSA) is 91.0 Å². The lowest BCUT2D eigenvalue weighted by atomic mass is 10.1. The van der Waals surface area contributed by atoms with E-state index in [1.165, 1.54) is 23.9 Å². The largest absolute Gasteiger partial charge is 0.388 e. The van der Waals surface area contributed by atoms with Crippen LogP contribution in [0.5, 0.6) is 0 Å². The highest BCUT2D eigenvalue weighted by Gasteiger charge is 2.14. The van der Waals surface area contributed by atoms with E-state index >= 15 is 0 Å². The van der Waals surface area contributed by atoms with Crippen LogP contribution in [-0.2, 0) is 9.84 Å². The molecule has 1 heterocycles. The number of thioether (sulfide) groups is 1. The quantitative estimate of drug-likeness (QED) is 0.823. The zero-order chi connectivity index (χ0) is 17.9. The monoisotopic (exact) mass is 362 g/mol. The first-order chi connectivity index (χ1) is 11.2. The Kier molecular flexibility index (Phi) is 5.65. The number of aromatic nitrogens is 1. The van der Waals surface area contributed by atoms with Crippen LogP contribution in [0.2, 0.25) is 0 Å². The second-order valence-electron chi connectivity index (χ2n) is 5.54. The number of sulfone groups is 1. The van der Waals surface area contributed by atoms with Gasteiger partial charge in [-0.2, -0.15) is 5.26 Å². The average Bonchev–Trinajstić information content (AvgIpc) is 2.51. The maximum absolute atomic E-state index is 11.5. The normalized spacial score (nSPS) is 12.6. The molecule has 1 aromatic carbocycles. The van der Waals surface area contributed by atoms with Gasteiger partial charge in [0, 0.05) is 17.7 Å². The molecule has 0 aliphatic rings. The molecule has 0 amide bonds. The van der Waals surface area contributed by atoms with Crippen molar-refractivity contribution in [2.45, 2.75) is 29.9 Å². The van der Waals surface area contributed by atoms with Crippen LogP contribution in [0.4, 0.5) is 0 Å². The van der Waals surface area contributed by atoms with E-state index in [4.69, 9.17) is 0 Å². The standard InChI is InChI=1S/C17H18N2O3S2/c1-11-8-12(2)19-17(15(11)9-18)23-10-16(20)13-4-6-14(7-5-13)24(3,21)22/h4-8,16,20H,10H2,1-3H3/t16-/m1/s1. The second kappa shape index (κ2) is 7.34. The van der Waals surface area contributed by atoms with Gasteiger partial charge in [0.2, 0.25) is 0 Å². The number of pyridine rings is 1. The Morgan fingerprint density at radius 3 is 2.46 bits per heavy atom. The molecule has 0 bridgehead atoms. The number of aliphatic hydroxyl groups is 1. The molecule has 0 radical (unpaired) electrons. The lowest BCUT2D eigenvalue weighted by molar-refractivity contribution is 0.204. The summed E-state index contributed by atoms with van der Waals surface area (Å²) in [5.41, 5.74) is 2.82. The minimum Gasteiger partial charge on any atom is -0.388 e. The fraction of sp³-hybridized carbons (Fsp3) is 0.294. The molecule has 0 aliphatic heterocycles. The Morgan fingerprint density at radius 2 is 1.92 bits per heavy atom. The summed E-state index contributed by atoms with van der Waals surface area (Å²) in [4.78, 5) is 4.58. The van der Waals surface area contributed by atoms with Gasteiger partial charge in [0.25, 0.3) is 0 Å². The summed E-state index contributed by atoms with van der Waals surface area (Å²) in [7, 11) is -3.25. The van der Waals surface area contributed by atoms with Crippen LogP contribution in [0.15, 0.2) is 40.3 Å². The minimum absolute atomic E-state index is 0.217. The third-order valence-corrected chi connectivity index (χ3v) is 5.67. The Labute approximate surface area is 146 Å². The van der Waals surface area contributed by atoms with Gasteiger partial charge < -0.3 is 5.11 Å². The van der Waals surface area contributed by atoms with Crippen molar-refractivity contribution in [2.24, 2.45) is 0 Å². The Bertz CT molecular complexity index is 885. The number of nitrogens with zero attached hydrogens (tertiary/aromatic N) is 2. The molecule has 0 fully saturated rings. The van der Waals surface area contributed by atoms with Gasteiger partial charge in [-0.3, -0.25) is 0 Å². The summed E-state index contributed by atoms with van der Waals surface area (Å²) in [6, 6.07) is 10.2. The van der Waals surface area contributed by atoms with E-state index in [1.807, 2.05) is 19.9 Å². The van der Waals surface area contributed by atoms with Gasteiger partial charge in [0.1, 0.15) is 11.1 Å². The highest BCUT2D eigenvalue weighted by Crippen LogP contribution is 2.28. The van der Waals surface area contributed by atoms with Gasteiger partial charge in [-0.15, -0.1) is 11.8 Å². The number of hydrogen-bond donors (Lipinski definition) is 1. The summed E-state index contributed by atoms with van der Waals surface area (Å²) in [6.07, 6.45) is 0.362. The third-order valence-electron chi connectivity index (χ3n) is 3.49. The van der Waals surface area contributed by atoms with Crippen LogP contribution >= 0.6 is 11.8 Å². The lowest BCUT2D eigenvalue weighted by Gasteiger charge is -2.12. The predicted octanol–water partition coefficient (Wildman–Crippen LogP) is 2.80. The van der Waals surface area contributed by atoms with E-state index in [9.17, 15) is 18.8 Å². The van der Waals surface area contributed by atoms with Crippen molar-refractivity contribution in [1.29, 1.82) is 5.26 Å². The third kappa shape index (κ3) is 4.35. The van der Waals surface area contributed by atoms with E-state index in [2.05, 4.69) is 11.1 Å². The molecular weight excluding hydrogens is 344 g/mol. The maximum Gasteiger partial charge on any atom is 0.175 e. The molecule has 24 heavy (non-hydrogen) atoms. The first kappa shape index (κ1) is 18.5. The Hall–Kier alpha value is -1.88. The van der Waals surface area contributed by atoms with Gasteiger partial charge in [0.05, 0.1) is 16.6 Å². The number of aryl methyl sites for hydroxylation is 2. The number of hydrogen-bond acceptors (Lipinski definition) is 6. The smallest absolute Gasteiger partial charge is 0.175 e. The van der Waals surface area contributed by atoms with Crippen LogP contribution in [0, 0.1) is 25.2 Å². The number of aliphatic hydroxyl groups excluding tert-OH is 1. The molecule has 0 spiro atoms. The molecule has 0 unspecified atom stereocenters. The summed E-state index contributed by atoms with van der Waals surface area (Å²) in [6.45, 7) is 3.72. The molecule has 5 nitrogen and oxygen atoms in total. The van der Waals surface area contributed by atoms with Crippen LogP contribution in [0.1, 0.15) is 28.5 Å². The van der Waals surface area contributed by atoms with Crippen LogP contribution in [0.3, 0.4) is 0 Å². The van der Waals surface area contributed by atoms with Crippen molar-refractivity contribution in [1.82, 2.24) is 4.98 Å². The molecule has 126 valence electrons. The second-order valence-corrected chi connectivity index (χ2v) is 8.56. The molecule has 2 aromatic rings. The minimum atomic E-state index is -3.25. The first-order valence-electron chi connectivity index (χ1n) is 7.21. The summed E-state index contributed by atoms with van der Waals surface area (Å²) in [5, 5.41) is 20.2. The van der Waals surface area contributed by atoms with Crippen molar-refractivity contribution in [2.75, 3.05) is 12.0 Å². The van der Waals surface area contributed by atoms with Crippen LogP contribution in [0.25, 0.3) is 0 Å². The van der Waals surface area contributed by atoms with Crippen molar-refractivity contribution < 1.29 is 13.5 Å². The summed E-state index contributed by atoms with van der Waals surface area (Å²) < 4.78 is 22.9.